The molecule has 1 aromatic heterocycles. The second-order valence-electron chi connectivity index (χ2n) is 9.49. The van der Waals surface area contributed by atoms with E-state index in [1.807, 2.05) is 58.0 Å². The molecule has 0 bridgehead atoms. The van der Waals surface area contributed by atoms with E-state index in [9.17, 15) is 19.2 Å². The number of amides is 2. The molecule has 182 valence electrons. The smallest absolute Gasteiger partial charge is 0.330 e. The third-order valence-corrected chi connectivity index (χ3v) is 5.72. The monoisotopic (exact) mass is 467 g/mol. The molecule has 1 aromatic carbocycles. The van der Waals surface area contributed by atoms with Gasteiger partial charge in [-0.2, -0.15) is 0 Å². The fraction of sp³-hybridized carbons (Fsp3) is 0.440. The van der Waals surface area contributed by atoms with Crippen LogP contribution >= 0.6 is 0 Å². The Morgan fingerprint density at radius 1 is 1.12 bits per heavy atom. The molecule has 2 heterocycles. The van der Waals surface area contributed by atoms with Crippen molar-refractivity contribution in [3.05, 3.63) is 62.4 Å². The number of nitrogens with zero attached hydrogens (tertiary/aromatic N) is 3. The van der Waals surface area contributed by atoms with Gasteiger partial charge in [-0.1, -0.05) is 52.0 Å². The molecule has 0 radical (unpaired) electrons. The molecule has 34 heavy (non-hydrogen) atoms. The number of aromatic amines is 1. The number of nitrogens with two attached hydrogens (primary N) is 1. The number of benzene rings is 1. The summed E-state index contributed by atoms with van der Waals surface area (Å²) in [7, 11) is 0. The van der Waals surface area contributed by atoms with Crippen molar-refractivity contribution in [2.75, 3.05) is 17.2 Å². The van der Waals surface area contributed by atoms with Crippen LogP contribution in [0.5, 0.6) is 0 Å². The first-order valence-electron chi connectivity index (χ1n) is 11.5. The molecule has 1 aliphatic rings. The first kappa shape index (κ1) is 25.0. The second kappa shape index (κ2) is 10.1. The molecule has 0 saturated carbocycles. The maximum Gasteiger partial charge on any atom is 0.330 e. The van der Waals surface area contributed by atoms with Crippen LogP contribution in [0.2, 0.25) is 0 Å². The summed E-state index contributed by atoms with van der Waals surface area (Å²) in [6, 6.07) is 7.06. The van der Waals surface area contributed by atoms with Crippen LogP contribution in [-0.2, 0) is 16.1 Å². The Hall–Kier alpha value is -3.62. The summed E-state index contributed by atoms with van der Waals surface area (Å²) in [5.41, 5.74) is 6.74. The highest BCUT2D eigenvalue weighted by Gasteiger charge is 2.32. The van der Waals surface area contributed by atoms with Gasteiger partial charge in [0.2, 0.25) is 11.8 Å². The number of hydrogen-bond acceptors (Lipinski definition) is 5. The molecule has 0 fully saturated rings. The minimum absolute atomic E-state index is 0.0238. The Labute approximate surface area is 198 Å². The van der Waals surface area contributed by atoms with Gasteiger partial charge in [0, 0.05) is 26.2 Å². The highest BCUT2D eigenvalue weighted by Crippen LogP contribution is 2.34. The highest BCUT2D eigenvalue weighted by atomic mass is 16.2. The van der Waals surface area contributed by atoms with Gasteiger partial charge >= 0.3 is 5.69 Å². The number of H-pyrrole nitrogens is 1. The van der Waals surface area contributed by atoms with E-state index in [-0.39, 0.29) is 48.1 Å². The van der Waals surface area contributed by atoms with Crippen LogP contribution in [0.1, 0.15) is 58.2 Å². The van der Waals surface area contributed by atoms with E-state index in [4.69, 9.17) is 5.73 Å². The van der Waals surface area contributed by atoms with Crippen molar-refractivity contribution in [1.29, 1.82) is 0 Å². The SMILES string of the molecule is CC(=O)N1C=Cc2ccccc2C1CC(=O)N(CC(C)C)c1c(N)n(CC(C)C)c(=O)[nH]c1=O. The Morgan fingerprint density at radius 2 is 1.79 bits per heavy atom. The molecule has 1 atom stereocenters. The number of anilines is 2. The van der Waals surface area contributed by atoms with Crippen molar-refractivity contribution in [3.63, 3.8) is 0 Å². The van der Waals surface area contributed by atoms with Crippen LogP contribution in [0.3, 0.4) is 0 Å². The molecule has 3 rings (SSSR count). The van der Waals surface area contributed by atoms with Gasteiger partial charge in [0.1, 0.15) is 5.82 Å². The molecule has 1 unspecified atom stereocenters. The Bertz CT molecular complexity index is 1220. The Morgan fingerprint density at radius 3 is 2.41 bits per heavy atom. The topological polar surface area (TPSA) is 121 Å². The molecular weight excluding hydrogens is 434 g/mol. The summed E-state index contributed by atoms with van der Waals surface area (Å²) < 4.78 is 1.29. The highest BCUT2D eigenvalue weighted by molar-refractivity contribution is 5.96. The summed E-state index contributed by atoms with van der Waals surface area (Å²) in [5.74, 6) is -0.467. The van der Waals surface area contributed by atoms with E-state index in [2.05, 4.69) is 4.98 Å². The van der Waals surface area contributed by atoms with Crippen LogP contribution in [0, 0.1) is 11.8 Å². The van der Waals surface area contributed by atoms with Crippen molar-refractivity contribution in [1.82, 2.24) is 14.5 Å². The second-order valence-corrected chi connectivity index (χ2v) is 9.49. The Balaban J connectivity index is 2.07. The average Bonchev–Trinajstić information content (AvgIpc) is 2.75. The summed E-state index contributed by atoms with van der Waals surface area (Å²) in [6.07, 6.45) is 3.48. The molecule has 0 aliphatic carbocycles. The van der Waals surface area contributed by atoms with Crippen LogP contribution in [0.15, 0.2) is 40.1 Å². The van der Waals surface area contributed by atoms with Gasteiger partial charge in [-0.25, -0.2) is 4.79 Å². The van der Waals surface area contributed by atoms with Crippen LogP contribution < -0.4 is 21.9 Å². The lowest BCUT2D eigenvalue weighted by molar-refractivity contribution is -0.129. The zero-order valence-electron chi connectivity index (χ0n) is 20.4. The minimum atomic E-state index is -0.705. The summed E-state index contributed by atoms with van der Waals surface area (Å²) in [4.78, 5) is 56.5. The number of nitrogens with one attached hydrogen (secondary N) is 1. The van der Waals surface area contributed by atoms with E-state index in [1.165, 1.54) is 21.3 Å². The van der Waals surface area contributed by atoms with Gasteiger partial charge < -0.3 is 15.5 Å². The molecule has 0 saturated heterocycles. The number of carbonyl (C=O) groups excluding carboxylic acids is 2. The lowest BCUT2D eigenvalue weighted by Crippen LogP contribution is -2.44. The predicted molar refractivity (Wildman–Crippen MR) is 133 cm³/mol. The standard InChI is InChI=1S/C25H33N5O4/c1-15(2)13-29(22-23(26)30(14-16(3)4)25(34)27-24(22)33)21(32)12-20-19-9-7-6-8-18(19)10-11-28(20)17(5)31/h6-11,15-16,20H,12-14,26H2,1-5H3,(H,27,33,34). The van der Waals surface area contributed by atoms with Crippen molar-refractivity contribution >= 4 is 29.4 Å². The average molecular weight is 468 g/mol. The number of carbonyl (C=O) groups is 2. The maximum absolute atomic E-state index is 13.7. The van der Waals surface area contributed by atoms with Gasteiger partial charge in [0.15, 0.2) is 5.69 Å². The van der Waals surface area contributed by atoms with E-state index in [1.54, 1.807) is 6.20 Å². The molecule has 0 spiro atoms. The summed E-state index contributed by atoms with van der Waals surface area (Å²) in [6.45, 7) is 9.69. The van der Waals surface area contributed by atoms with Crippen molar-refractivity contribution < 1.29 is 9.59 Å². The van der Waals surface area contributed by atoms with Crippen LogP contribution in [0.4, 0.5) is 11.5 Å². The van der Waals surface area contributed by atoms with E-state index >= 15 is 0 Å². The predicted octanol–water partition coefficient (Wildman–Crippen LogP) is 2.73. The molecular formula is C25H33N5O4. The number of rotatable bonds is 7. The van der Waals surface area contributed by atoms with Crippen LogP contribution in [-0.4, -0.2) is 32.8 Å². The summed E-state index contributed by atoms with van der Waals surface area (Å²) in [5, 5.41) is 0. The van der Waals surface area contributed by atoms with E-state index < -0.39 is 17.3 Å². The fourth-order valence-corrected chi connectivity index (χ4v) is 4.26. The van der Waals surface area contributed by atoms with E-state index in [0.717, 1.165) is 11.1 Å². The van der Waals surface area contributed by atoms with Gasteiger partial charge in [-0.05, 0) is 29.0 Å². The van der Waals surface area contributed by atoms with E-state index in [0.29, 0.717) is 6.54 Å². The summed E-state index contributed by atoms with van der Waals surface area (Å²) >= 11 is 0. The number of fused-ring (bicyclic) bond motifs is 1. The van der Waals surface area contributed by atoms with Gasteiger partial charge in [0.05, 0.1) is 12.5 Å². The number of aromatic nitrogens is 2. The maximum atomic E-state index is 13.7. The Kier molecular flexibility index (Phi) is 7.44. The first-order valence-corrected chi connectivity index (χ1v) is 11.5. The fourth-order valence-electron chi connectivity index (χ4n) is 4.26. The van der Waals surface area contributed by atoms with Crippen molar-refractivity contribution in [2.45, 2.75) is 53.6 Å². The quantitative estimate of drug-likeness (QED) is 0.648. The number of nitrogen functional groups attached to an aromatic ring is 1. The molecule has 3 N–H and O–H groups in total. The lowest BCUT2D eigenvalue weighted by Gasteiger charge is -2.34. The molecule has 2 aromatic rings. The molecule has 9 heteroatoms. The van der Waals surface area contributed by atoms with Crippen LogP contribution in [0.25, 0.3) is 6.08 Å². The zero-order valence-corrected chi connectivity index (χ0v) is 20.4. The van der Waals surface area contributed by atoms with Gasteiger partial charge in [0.25, 0.3) is 5.56 Å². The third kappa shape index (κ3) is 5.13. The van der Waals surface area contributed by atoms with Gasteiger partial charge in [-0.3, -0.25) is 23.9 Å². The number of hydrogen-bond donors (Lipinski definition) is 2. The van der Waals surface area contributed by atoms with Crippen molar-refractivity contribution in [2.24, 2.45) is 11.8 Å². The zero-order chi connectivity index (χ0) is 25.2. The van der Waals surface area contributed by atoms with Gasteiger partial charge in [-0.15, -0.1) is 0 Å². The normalized spacial score (nSPS) is 15.0. The first-order chi connectivity index (χ1) is 16.0. The third-order valence-electron chi connectivity index (χ3n) is 5.72. The lowest BCUT2D eigenvalue weighted by atomic mass is 9.93. The minimum Gasteiger partial charge on any atom is -0.383 e. The largest absolute Gasteiger partial charge is 0.383 e. The molecule has 2 amide bonds. The molecule has 9 nitrogen and oxygen atoms in total. The molecule has 1 aliphatic heterocycles. The van der Waals surface area contributed by atoms with Crippen molar-refractivity contribution in [3.8, 4) is 0 Å².